The molecule has 1 aliphatic heterocycles. The molecule has 1 heterocycles. The van der Waals surface area contributed by atoms with Gasteiger partial charge in [-0.3, -0.25) is 19.6 Å². The molecule has 0 aromatic heterocycles. The van der Waals surface area contributed by atoms with E-state index in [0.717, 1.165) is 34.1 Å². The maximum atomic E-state index is 12.5. The average molecular weight is 398 g/mol. The van der Waals surface area contributed by atoms with Gasteiger partial charge in [0.05, 0.1) is 18.2 Å². The van der Waals surface area contributed by atoms with Crippen molar-refractivity contribution < 1.29 is 32.6 Å². The monoisotopic (exact) mass is 398 g/mol. The highest BCUT2D eigenvalue weighted by Crippen LogP contribution is 2.30. The van der Waals surface area contributed by atoms with Crippen LogP contribution in [0.5, 0.6) is 5.75 Å². The zero-order valence-electron chi connectivity index (χ0n) is 15.0. The molecule has 2 atom stereocenters. The minimum absolute atomic E-state index is 0.0934. The van der Waals surface area contributed by atoms with E-state index in [1.54, 1.807) is 6.07 Å². The van der Waals surface area contributed by atoms with E-state index >= 15 is 0 Å². The summed E-state index contributed by atoms with van der Waals surface area (Å²) in [6, 6.07) is 5.05. The molecule has 1 N–H and O–H groups in total. The first-order valence-corrected chi connectivity index (χ1v) is 8.03. The number of benzene rings is 1. The van der Waals surface area contributed by atoms with E-state index in [2.05, 4.69) is 4.99 Å². The van der Waals surface area contributed by atoms with Gasteiger partial charge in [-0.25, -0.2) is 4.79 Å². The second-order valence-corrected chi connectivity index (χ2v) is 5.99. The van der Waals surface area contributed by atoms with Gasteiger partial charge in [-0.2, -0.15) is 18.4 Å². The number of aliphatic hydroxyl groups excluding tert-OH is 1. The summed E-state index contributed by atoms with van der Waals surface area (Å²) < 4.78 is 42.7. The number of aliphatic imine (C=N–C) groups is 1. The highest BCUT2D eigenvalue weighted by atomic mass is 19.4. The van der Waals surface area contributed by atoms with Crippen molar-refractivity contribution in [3.05, 3.63) is 29.8 Å². The second kappa shape index (κ2) is 8.26. The highest BCUT2D eigenvalue weighted by Gasteiger charge is 2.40. The van der Waals surface area contributed by atoms with Crippen LogP contribution >= 0.6 is 0 Å². The van der Waals surface area contributed by atoms with Gasteiger partial charge in [-0.05, 0) is 24.3 Å². The van der Waals surface area contributed by atoms with Gasteiger partial charge >= 0.3 is 12.2 Å². The topological polar surface area (TPSA) is 106 Å². The smallest absolute Gasteiger partial charge is 0.416 e. The minimum Gasteiger partial charge on any atom is -0.491 e. The Kier molecular flexibility index (Phi) is 6.25. The molecule has 1 saturated heterocycles. The van der Waals surface area contributed by atoms with Crippen molar-refractivity contribution >= 4 is 17.8 Å². The molecule has 0 radical (unpaired) electrons. The zero-order valence-corrected chi connectivity index (χ0v) is 15.0. The quantitative estimate of drug-likeness (QED) is 0.809. The number of aliphatic hydroxyl groups is 1. The number of rotatable bonds is 5. The number of urea groups is 1. The molecule has 8 nitrogen and oxygen atoms in total. The van der Waals surface area contributed by atoms with Gasteiger partial charge in [-0.15, -0.1) is 0 Å². The molecule has 0 spiro atoms. The lowest BCUT2D eigenvalue weighted by Gasteiger charge is -2.33. The number of hydrogen-bond donors (Lipinski definition) is 1. The summed E-state index contributed by atoms with van der Waals surface area (Å²) in [6.07, 6.45) is -5.63. The minimum atomic E-state index is -4.46. The van der Waals surface area contributed by atoms with Gasteiger partial charge in [0.25, 0.3) is 5.91 Å². The van der Waals surface area contributed by atoms with Gasteiger partial charge in [0.2, 0.25) is 0 Å². The number of amides is 3. The Morgan fingerprint density at radius 3 is 2.39 bits per heavy atom. The molecular formula is C17H17F3N4O4. The van der Waals surface area contributed by atoms with E-state index in [4.69, 9.17) is 10.00 Å². The first-order chi connectivity index (χ1) is 13.1. The van der Waals surface area contributed by atoms with Crippen molar-refractivity contribution in [1.82, 2.24) is 9.80 Å². The van der Waals surface area contributed by atoms with E-state index in [-0.39, 0.29) is 24.7 Å². The molecule has 1 aliphatic rings. The van der Waals surface area contributed by atoms with E-state index in [1.165, 1.54) is 14.1 Å². The van der Waals surface area contributed by atoms with Crippen molar-refractivity contribution in [2.24, 2.45) is 10.9 Å². The molecule has 0 bridgehead atoms. The fourth-order valence-corrected chi connectivity index (χ4v) is 2.41. The second-order valence-electron chi connectivity index (χ2n) is 5.99. The number of carbonyl (C=O) groups is 2. The van der Waals surface area contributed by atoms with Crippen LogP contribution in [-0.4, -0.2) is 66.0 Å². The molecule has 0 saturated carbocycles. The number of hydrogen-bond acceptors (Lipinski definition) is 6. The van der Waals surface area contributed by atoms with Crippen LogP contribution in [0.1, 0.15) is 5.56 Å². The normalized spacial score (nSPS) is 20.3. The molecule has 1 aromatic carbocycles. The molecule has 2 rings (SSSR count). The van der Waals surface area contributed by atoms with Crippen LogP contribution in [-0.2, 0) is 11.0 Å². The number of nitriles is 1. The van der Waals surface area contributed by atoms with E-state index < -0.39 is 35.7 Å². The van der Waals surface area contributed by atoms with Gasteiger partial charge in [0.15, 0.2) is 5.92 Å². The first kappa shape index (κ1) is 21.2. The molecule has 150 valence electrons. The zero-order chi connectivity index (χ0) is 21.1. The van der Waals surface area contributed by atoms with E-state index in [9.17, 15) is 27.9 Å². The summed E-state index contributed by atoms with van der Waals surface area (Å²) in [4.78, 5) is 29.7. The van der Waals surface area contributed by atoms with E-state index in [0.29, 0.717) is 0 Å². The number of nitrogens with zero attached hydrogens (tertiary/aromatic N) is 4. The Hall–Kier alpha value is -3.13. The lowest BCUT2D eigenvalue weighted by Crippen LogP contribution is -2.56. The standard InChI is InChI=1S/C17H17F3N4O4/c1-23-14(13(7-21)15(26)24(2)16(23)27)22-8-11(25)9-28-12-5-3-10(4-6-12)17(18,19)20/h3-6,11,13,25H,8-9H2,1-2H3. The molecule has 2 unspecified atom stereocenters. The summed E-state index contributed by atoms with van der Waals surface area (Å²) in [5.41, 5.74) is -0.825. The summed E-state index contributed by atoms with van der Waals surface area (Å²) >= 11 is 0. The maximum absolute atomic E-state index is 12.5. The maximum Gasteiger partial charge on any atom is 0.416 e. The Bertz CT molecular complexity index is 817. The molecular weight excluding hydrogens is 381 g/mol. The van der Waals surface area contributed by atoms with Crippen molar-refractivity contribution in [3.8, 4) is 11.8 Å². The predicted molar refractivity (Wildman–Crippen MR) is 90.3 cm³/mol. The number of amidine groups is 1. The number of imide groups is 1. The van der Waals surface area contributed by atoms with E-state index in [1.807, 2.05) is 0 Å². The van der Waals surface area contributed by atoms with Crippen molar-refractivity contribution in [1.29, 1.82) is 5.26 Å². The Morgan fingerprint density at radius 2 is 1.86 bits per heavy atom. The van der Waals surface area contributed by atoms with Crippen LogP contribution in [0.3, 0.4) is 0 Å². The third-order valence-corrected chi connectivity index (χ3v) is 3.97. The average Bonchev–Trinajstić information content (AvgIpc) is 2.66. The predicted octanol–water partition coefficient (Wildman–Crippen LogP) is 1.51. The van der Waals surface area contributed by atoms with Crippen LogP contribution in [0.15, 0.2) is 29.3 Å². The first-order valence-electron chi connectivity index (χ1n) is 8.03. The Labute approximate surface area is 158 Å². The largest absolute Gasteiger partial charge is 0.491 e. The highest BCUT2D eigenvalue weighted by molar-refractivity contribution is 6.19. The number of carbonyl (C=O) groups excluding carboxylic acids is 2. The molecule has 28 heavy (non-hydrogen) atoms. The summed E-state index contributed by atoms with van der Waals surface area (Å²) in [5, 5.41) is 19.1. The molecule has 1 fully saturated rings. The van der Waals surface area contributed by atoms with Crippen molar-refractivity contribution in [3.63, 3.8) is 0 Å². The lowest BCUT2D eigenvalue weighted by atomic mass is 10.1. The van der Waals surface area contributed by atoms with Gasteiger partial charge in [0.1, 0.15) is 24.3 Å². The number of ether oxygens (including phenoxy) is 1. The fraction of sp³-hybridized carbons (Fsp3) is 0.412. The SMILES string of the molecule is CN1C(=O)C(C#N)C(=NCC(O)COc2ccc(C(F)(F)F)cc2)N(C)C1=O. The molecule has 11 heteroatoms. The Morgan fingerprint density at radius 1 is 1.25 bits per heavy atom. The van der Waals surface area contributed by atoms with Gasteiger partial charge < -0.3 is 9.84 Å². The lowest BCUT2D eigenvalue weighted by molar-refractivity contribution is -0.137. The summed E-state index contributed by atoms with van der Waals surface area (Å²) in [6.45, 7) is -0.562. The molecule has 1 aromatic rings. The number of halogens is 3. The van der Waals surface area contributed by atoms with Crippen LogP contribution in [0, 0.1) is 17.2 Å². The molecule has 3 amide bonds. The van der Waals surface area contributed by atoms with Crippen LogP contribution < -0.4 is 4.74 Å². The van der Waals surface area contributed by atoms with Gasteiger partial charge in [-0.1, -0.05) is 0 Å². The third-order valence-electron chi connectivity index (χ3n) is 3.97. The van der Waals surface area contributed by atoms with Crippen LogP contribution in [0.2, 0.25) is 0 Å². The van der Waals surface area contributed by atoms with Crippen LogP contribution in [0.25, 0.3) is 0 Å². The van der Waals surface area contributed by atoms with Gasteiger partial charge in [0, 0.05) is 14.1 Å². The number of alkyl halides is 3. The summed E-state index contributed by atoms with van der Waals surface area (Å²) in [7, 11) is 2.59. The van der Waals surface area contributed by atoms with Crippen LogP contribution in [0.4, 0.5) is 18.0 Å². The third kappa shape index (κ3) is 4.58. The Balaban J connectivity index is 1.98. The van der Waals surface area contributed by atoms with Crippen molar-refractivity contribution in [2.45, 2.75) is 12.3 Å². The van der Waals surface area contributed by atoms with Crippen molar-refractivity contribution in [2.75, 3.05) is 27.2 Å². The molecule has 0 aliphatic carbocycles. The fourth-order valence-electron chi connectivity index (χ4n) is 2.41. The summed E-state index contributed by atoms with van der Waals surface area (Å²) in [5.74, 6) is -1.98.